The van der Waals surface area contributed by atoms with Gasteiger partial charge in [-0.15, -0.1) is 0 Å². The molecular weight excluding hydrogens is 250 g/mol. The second-order valence-corrected chi connectivity index (χ2v) is 4.98. The number of ketones is 1. The number of rotatable bonds is 7. The second-order valence-electron chi connectivity index (χ2n) is 4.54. The molecule has 0 fully saturated rings. The Morgan fingerprint density at radius 3 is 2.83 bits per heavy atom. The van der Waals surface area contributed by atoms with E-state index in [9.17, 15) is 4.79 Å². The van der Waals surface area contributed by atoms with Crippen molar-refractivity contribution in [2.45, 2.75) is 38.6 Å². The molecule has 1 unspecified atom stereocenters. The van der Waals surface area contributed by atoms with Gasteiger partial charge in [0.2, 0.25) is 0 Å². The molecule has 1 rings (SSSR count). The van der Waals surface area contributed by atoms with Crippen molar-refractivity contribution in [3.8, 4) is 5.75 Å². The summed E-state index contributed by atoms with van der Waals surface area (Å²) in [5.41, 5.74) is 6.49. The molecule has 0 aliphatic heterocycles. The fourth-order valence-corrected chi connectivity index (χ4v) is 2.00. The van der Waals surface area contributed by atoms with Gasteiger partial charge in [0.25, 0.3) is 0 Å². The zero-order valence-corrected chi connectivity index (χ0v) is 11.7. The number of methoxy groups -OCH3 is 1. The van der Waals surface area contributed by atoms with Crippen molar-refractivity contribution in [3.63, 3.8) is 0 Å². The maximum absolute atomic E-state index is 11.8. The third-order valence-electron chi connectivity index (χ3n) is 2.75. The third-order valence-corrected chi connectivity index (χ3v) is 2.98. The van der Waals surface area contributed by atoms with Crippen LogP contribution < -0.4 is 10.5 Å². The van der Waals surface area contributed by atoms with Crippen LogP contribution in [-0.4, -0.2) is 18.9 Å². The summed E-state index contributed by atoms with van der Waals surface area (Å²) in [6, 6.07) is 5.47. The van der Waals surface area contributed by atoms with Gasteiger partial charge >= 0.3 is 0 Å². The molecule has 0 aromatic heterocycles. The van der Waals surface area contributed by atoms with Crippen LogP contribution in [0.5, 0.6) is 5.75 Å². The van der Waals surface area contributed by atoms with Gasteiger partial charge in [-0.3, -0.25) is 4.79 Å². The summed E-state index contributed by atoms with van der Waals surface area (Å²) in [6.45, 7) is 1.95. The van der Waals surface area contributed by atoms with E-state index in [1.165, 1.54) is 0 Å². The van der Waals surface area contributed by atoms with Gasteiger partial charge in [0.1, 0.15) is 11.5 Å². The highest BCUT2D eigenvalue weighted by Gasteiger charge is 2.09. The van der Waals surface area contributed by atoms with Gasteiger partial charge in [0, 0.05) is 29.5 Å². The van der Waals surface area contributed by atoms with Gasteiger partial charge < -0.3 is 10.5 Å². The lowest BCUT2D eigenvalue weighted by molar-refractivity contribution is -0.118. The molecule has 0 spiro atoms. The smallest absolute Gasteiger partial charge is 0.137 e. The van der Waals surface area contributed by atoms with Gasteiger partial charge in [-0.25, -0.2) is 0 Å². The zero-order valence-electron chi connectivity index (χ0n) is 10.9. The molecule has 0 aliphatic carbocycles. The summed E-state index contributed by atoms with van der Waals surface area (Å²) in [5.74, 6) is 0.899. The Labute approximate surface area is 113 Å². The molecule has 18 heavy (non-hydrogen) atoms. The van der Waals surface area contributed by atoms with Crippen molar-refractivity contribution in [2.75, 3.05) is 7.11 Å². The number of nitrogens with two attached hydrogens (primary N) is 1. The average molecular weight is 270 g/mol. The molecular formula is C14H20ClNO2. The molecule has 1 aromatic carbocycles. The summed E-state index contributed by atoms with van der Waals surface area (Å²) >= 11 is 5.92. The van der Waals surface area contributed by atoms with E-state index in [0.717, 1.165) is 18.4 Å². The van der Waals surface area contributed by atoms with Crippen LogP contribution in [0.15, 0.2) is 18.2 Å². The van der Waals surface area contributed by atoms with Crippen molar-refractivity contribution in [1.29, 1.82) is 0 Å². The number of benzene rings is 1. The maximum atomic E-state index is 11.8. The monoisotopic (exact) mass is 269 g/mol. The summed E-state index contributed by atoms with van der Waals surface area (Å²) < 4.78 is 5.21. The Balaban J connectivity index is 2.55. The van der Waals surface area contributed by atoms with Crippen LogP contribution in [0.1, 0.15) is 31.7 Å². The molecule has 0 amide bonds. The molecule has 3 nitrogen and oxygen atoms in total. The predicted octanol–water partition coefficient (Wildman–Crippen LogP) is 2.98. The SMILES string of the molecule is COc1ccc(Cl)cc1CC(=O)CCCC(C)N. The molecule has 0 saturated carbocycles. The molecule has 0 saturated heterocycles. The molecule has 0 bridgehead atoms. The molecule has 0 radical (unpaired) electrons. The Bertz CT molecular complexity index is 405. The van der Waals surface area contributed by atoms with Crippen molar-refractivity contribution >= 4 is 17.4 Å². The van der Waals surface area contributed by atoms with Crippen LogP contribution in [0.25, 0.3) is 0 Å². The van der Waals surface area contributed by atoms with E-state index < -0.39 is 0 Å². The van der Waals surface area contributed by atoms with Gasteiger partial charge in [0.05, 0.1) is 7.11 Å². The number of carbonyl (C=O) groups excluding carboxylic acids is 1. The number of carbonyl (C=O) groups is 1. The van der Waals surface area contributed by atoms with Gasteiger partial charge in [-0.2, -0.15) is 0 Å². The number of Topliss-reactive ketones (excluding diaryl/α,β-unsaturated/α-hetero) is 1. The van der Waals surface area contributed by atoms with Gasteiger partial charge in [0.15, 0.2) is 0 Å². The Hall–Kier alpha value is -1.06. The van der Waals surface area contributed by atoms with E-state index in [-0.39, 0.29) is 11.8 Å². The van der Waals surface area contributed by atoms with Crippen molar-refractivity contribution < 1.29 is 9.53 Å². The minimum Gasteiger partial charge on any atom is -0.496 e. The van der Waals surface area contributed by atoms with Crippen molar-refractivity contribution in [1.82, 2.24) is 0 Å². The normalized spacial score (nSPS) is 12.2. The fourth-order valence-electron chi connectivity index (χ4n) is 1.81. The first kappa shape index (κ1) is 15.0. The van der Waals surface area contributed by atoms with Crippen LogP contribution in [0.3, 0.4) is 0 Å². The van der Waals surface area contributed by atoms with Crippen molar-refractivity contribution in [2.24, 2.45) is 5.73 Å². The maximum Gasteiger partial charge on any atom is 0.137 e. The standard InChI is InChI=1S/C14H20ClNO2/c1-10(16)4-3-5-13(17)9-11-8-12(15)6-7-14(11)18-2/h6-8,10H,3-5,9,16H2,1-2H3. The Kier molecular flexibility index (Phi) is 6.16. The molecule has 0 aliphatic rings. The third kappa shape index (κ3) is 5.07. The average Bonchev–Trinajstić information content (AvgIpc) is 2.28. The summed E-state index contributed by atoms with van der Waals surface area (Å²) in [4.78, 5) is 11.8. The molecule has 100 valence electrons. The Morgan fingerprint density at radius 1 is 1.50 bits per heavy atom. The highest BCUT2D eigenvalue weighted by molar-refractivity contribution is 6.30. The van der Waals surface area contributed by atoms with Gasteiger partial charge in [-0.05, 0) is 38.0 Å². The molecule has 2 N–H and O–H groups in total. The molecule has 0 heterocycles. The molecule has 4 heteroatoms. The van der Waals surface area contributed by atoms with E-state index in [0.29, 0.717) is 23.6 Å². The second kappa shape index (κ2) is 7.39. The van der Waals surface area contributed by atoms with E-state index in [2.05, 4.69) is 0 Å². The van der Waals surface area contributed by atoms with E-state index in [1.54, 1.807) is 25.3 Å². The van der Waals surface area contributed by atoms with Crippen molar-refractivity contribution in [3.05, 3.63) is 28.8 Å². The van der Waals surface area contributed by atoms with E-state index >= 15 is 0 Å². The first-order chi connectivity index (χ1) is 8.52. The lowest BCUT2D eigenvalue weighted by atomic mass is 10.0. The highest BCUT2D eigenvalue weighted by Crippen LogP contribution is 2.23. The summed E-state index contributed by atoms with van der Waals surface area (Å²) in [6.07, 6.45) is 2.62. The minimum atomic E-state index is 0.151. The number of ether oxygens (including phenoxy) is 1. The topological polar surface area (TPSA) is 52.3 Å². The van der Waals surface area contributed by atoms with Crippen LogP contribution in [-0.2, 0) is 11.2 Å². The highest BCUT2D eigenvalue weighted by atomic mass is 35.5. The molecule has 1 atom stereocenters. The van der Waals surface area contributed by atoms with Crippen LogP contribution in [0.2, 0.25) is 5.02 Å². The zero-order chi connectivity index (χ0) is 13.5. The first-order valence-electron chi connectivity index (χ1n) is 6.12. The van der Waals surface area contributed by atoms with E-state index in [4.69, 9.17) is 22.1 Å². The van der Waals surface area contributed by atoms with Gasteiger partial charge in [-0.1, -0.05) is 11.6 Å². The number of hydrogen-bond acceptors (Lipinski definition) is 3. The lowest BCUT2D eigenvalue weighted by Gasteiger charge is -2.09. The van der Waals surface area contributed by atoms with Crippen LogP contribution >= 0.6 is 11.6 Å². The summed E-state index contributed by atoms with van der Waals surface area (Å²) in [7, 11) is 1.59. The largest absolute Gasteiger partial charge is 0.496 e. The quantitative estimate of drug-likeness (QED) is 0.828. The summed E-state index contributed by atoms with van der Waals surface area (Å²) in [5, 5.41) is 0.620. The number of halogens is 1. The first-order valence-corrected chi connectivity index (χ1v) is 6.50. The number of hydrogen-bond donors (Lipinski definition) is 1. The molecule has 1 aromatic rings. The Morgan fingerprint density at radius 2 is 2.22 bits per heavy atom. The minimum absolute atomic E-state index is 0.151. The van der Waals surface area contributed by atoms with Crippen LogP contribution in [0.4, 0.5) is 0 Å². The van der Waals surface area contributed by atoms with Crippen LogP contribution in [0, 0.1) is 0 Å². The lowest BCUT2D eigenvalue weighted by Crippen LogP contribution is -2.15. The van der Waals surface area contributed by atoms with E-state index in [1.807, 2.05) is 6.92 Å². The predicted molar refractivity (Wildman–Crippen MR) is 74.2 cm³/mol. The fraction of sp³-hybridized carbons (Fsp3) is 0.500.